The zero-order valence-electron chi connectivity index (χ0n) is 20.3. The maximum absolute atomic E-state index is 13.5. The molecule has 0 aromatic heterocycles. The first-order valence-corrected chi connectivity index (χ1v) is 11.7. The van der Waals surface area contributed by atoms with E-state index in [-0.39, 0.29) is 36.9 Å². The molecule has 8 heteroatoms. The molecule has 0 bridgehead atoms. The van der Waals surface area contributed by atoms with Crippen molar-refractivity contribution in [3.63, 3.8) is 0 Å². The second kappa shape index (κ2) is 9.85. The normalized spacial score (nSPS) is 21.1. The highest BCUT2D eigenvalue weighted by molar-refractivity contribution is 5.91. The fraction of sp³-hybridized carbons (Fsp3) is 0.423. The summed E-state index contributed by atoms with van der Waals surface area (Å²) < 4.78 is 0. The molecule has 2 atom stereocenters. The summed E-state index contributed by atoms with van der Waals surface area (Å²) in [6, 6.07) is 16.8. The number of urea groups is 1. The van der Waals surface area contributed by atoms with Crippen LogP contribution in [0.3, 0.4) is 0 Å². The van der Waals surface area contributed by atoms with E-state index in [1.807, 2.05) is 69.3 Å². The summed E-state index contributed by atoms with van der Waals surface area (Å²) >= 11 is 0. The smallest absolute Gasteiger partial charge is 0.333 e. The summed E-state index contributed by atoms with van der Waals surface area (Å²) in [6.45, 7) is 7.03. The number of fused-ring (bicyclic) bond motifs is 1. The largest absolute Gasteiger partial charge is 0.334 e. The van der Waals surface area contributed by atoms with Crippen LogP contribution in [0.1, 0.15) is 30.5 Å². The van der Waals surface area contributed by atoms with Crippen LogP contribution in [-0.4, -0.2) is 70.0 Å². The molecule has 2 aliphatic rings. The number of likely N-dealkylation sites (N-methyl/N-ethyl adjacent to an activating group) is 1. The highest BCUT2D eigenvalue weighted by atomic mass is 16.2. The molecule has 8 nitrogen and oxygen atoms in total. The third-order valence-corrected chi connectivity index (χ3v) is 6.45. The van der Waals surface area contributed by atoms with Crippen molar-refractivity contribution in [2.75, 3.05) is 20.1 Å². The summed E-state index contributed by atoms with van der Waals surface area (Å²) in [7, 11) is 1.74. The highest BCUT2D eigenvalue weighted by Gasteiger charge is 2.51. The number of benzene rings is 2. The van der Waals surface area contributed by atoms with Crippen molar-refractivity contribution in [2.45, 2.75) is 46.1 Å². The molecule has 1 N–H and O–H groups in total. The van der Waals surface area contributed by atoms with E-state index in [1.54, 1.807) is 26.9 Å². The Balaban J connectivity index is 1.61. The lowest BCUT2D eigenvalue weighted by atomic mass is 9.95. The van der Waals surface area contributed by atoms with Gasteiger partial charge in [0.25, 0.3) is 0 Å². The minimum Gasteiger partial charge on any atom is -0.333 e. The Hall–Kier alpha value is -3.39. The fourth-order valence-electron chi connectivity index (χ4n) is 4.89. The Morgan fingerprint density at radius 1 is 1.06 bits per heavy atom. The van der Waals surface area contributed by atoms with Gasteiger partial charge in [0.05, 0.1) is 13.1 Å². The Labute approximate surface area is 201 Å². The SMILES string of the molecule is Cc1cccc(CN2CC3N(C(=O)CN(C)N3C(=O)NCc3ccccc3)[C@@H](C(C)C)C2=O)c1. The number of amides is 4. The van der Waals surface area contributed by atoms with Crippen LogP contribution < -0.4 is 5.32 Å². The van der Waals surface area contributed by atoms with E-state index in [9.17, 15) is 14.4 Å². The van der Waals surface area contributed by atoms with E-state index < -0.39 is 12.2 Å². The van der Waals surface area contributed by atoms with Crippen molar-refractivity contribution in [1.29, 1.82) is 0 Å². The number of carbonyl (C=O) groups excluding carboxylic acids is 3. The molecular weight excluding hydrogens is 430 g/mol. The number of hydrogen-bond donors (Lipinski definition) is 1. The van der Waals surface area contributed by atoms with Crippen LogP contribution >= 0.6 is 0 Å². The second-order valence-electron chi connectivity index (χ2n) is 9.48. The minimum absolute atomic E-state index is 0.0453. The lowest BCUT2D eigenvalue weighted by Gasteiger charge is -2.55. The molecular formula is C26H33N5O3. The third-order valence-electron chi connectivity index (χ3n) is 6.45. The van der Waals surface area contributed by atoms with Crippen LogP contribution in [0.2, 0.25) is 0 Å². The number of hydrogen-bond acceptors (Lipinski definition) is 4. The average molecular weight is 464 g/mol. The van der Waals surface area contributed by atoms with Gasteiger partial charge in [0.15, 0.2) is 0 Å². The second-order valence-corrected chi connectivity index (χ2v) is 9.48. The number of carbonyl (C=O) groups is 3. The van der Waals surface area contributed by atoms with Gasteiger partial charge >= 0.3 is 6.03 Å². The van der Waals surface area contributed by atoms with Crippen LogP contribution in [0.4, 0.5) is 4.79 Å². The van der Waals surface area contributed by atoms with Gasteiger partial charge in [-0.25, -0.2) is 14.8 Å². The number of aryl methyl sites for hydroxylation is 1. The van der Waals surface area contributed by atoms with E-state index in [2.05, 4.69) is 11.4 Å². The Kier molecular flexibility index (Phi) is 6.88. The first-order chi connectivity index (χ1) is 16.3. The van der Waals surface area contributed by atoms with Gasteiger partial charge in [0, 0.05) is 20.1 Å². The molecule has 180 valence electrons. The van der Waals surface area contributed by atoms with E-state index in [1.165, 1.54) is 0 Å². The van der Waals surface area contributed by atoms with Crippen LogP contribution in [0, 0.1) is 12.8 Å². The van der Waals surface area contributed by atoms with Gasteiger partial charge in [0.1, 0.15) is 12.2 Å². The van der Waals surface area contributed by atoms with Gasteiger partial charge in [-0.1, -0.05) is 74.0 Å². The predicted molar refractivity (Wildman–Crippen MR) is 129 cm³/mol. The molecule has 2 aliphatic heterocycles. The zero-order chi connectivity index (χ0) is 24.4. The molecule has 0 spiro atoms. The molecule has 2 aromatic carbocycles. The van der Waals surface area contributed by atoms with Gasteiger partial charge < -0.3 is 15.1 Å². The molecule has 0 aliphatic carbocycles. The average Bonchev–Trinajstić information content (AvgIpc) is 2.79. The summed E-state index contributed by atoms with van der Waals surface area (Å²) in [5.74, 6) is -0.297. The Morgan fingerprint density at radius 3 is 2.44 bits per heavy atom. The van der Waals surface area contributed by atoms with Crippen molar-refractivity contribution in [2.24, 2.45) is 5.92 Å². The molecule has 2 fully saturated rings. The number of nitrogens with one attached hydrogen (secondary N) is 1. The van der Waals surface area contributed by atoms with E-state index in [0.29, 0.717) is 13.1 Å². The zero-order valence-corrected chi connectivity index (χ0v) is 20.3. The van der Waals surface area contributed by atoms with Crippen molar-refractivity contribution in [3.05, 3.63) is 71.3 Å². The Morgan fingerprint density at radius 2 is 1.76 bits per heavy atom. The van der Waals surface area contributed by atoms with Crippen LogP contribution in [0.25, 0.3) is 0 Å². The van der Waals surface area contributed by atoms with Crippen molar-refractivity contribution >= 4 is 17.8 Å². The first-order valence-electron chi connectivity index (χ1n) is 11.7. The highest BCUT2D eigenvalue weighted by Crippen LogP contribution is 2.30. The van der Waals surface area contributed by atoms with Crippen molar-refractivity contribution in [1.82, 2.24) is 25.1 Å². The molecule has 1 unspecified atom stereocenters. The molecule has 0 radical (unpaired) electrons. The summed E-state index contributed by atoms with van der Waals surface area (Å²) in [4.78, 5) is 43.4. The maximum Gasteiger partial charge on any atom is 0.334 e. The first kappa shape index (κ1) is 23.8. The summed E-state index contributed by atoms with van der Waals surface area (Å²) in [5, 5.41) is 6.23. The lowest BCUT2D eigenvalue weighted by molar-refractivity contribution is -0.190. The van der Waals surface area contributed by atoms with Crippen LogP contribution in [-0.2, 0) is 22.7 Å². The van der Waals surface area contributed by atoms with Crippen molar-refractivity contribution < 1.29 is 14.4 Å². The lowest BCUT2D eigenvalue weighted by Crippen LogP contribution is -2.76. The number of rotatable bonds is 5. The van der Waals surface area contributed by atoms with Gasteiger partial charge in [-0.3, -0.25) is 9.59 Å². The monoisotopic (exact) mass is 463 g/mol. The van der Waals surface area contributed by atoms with Gasteiger partial charge in [0.2, 0.25) is 11.8 Å². The van der Waals surface area contributed by atoms with Crippen LogP contribution in [0.15, 0.2) is 54.6 Å². The van der Waals surface area contributed by atoms with E-state index in [4.69, 9.17) is 0 Å². The predicted octanol–water partition coefficient (Wildman–Crippen LogP) is 2.59. The van der Waals surface area contributed by atoms with Crippen molar-refractivity contribution in [3.8, 4) is 0 Å². The molecule has 34 heavy (non-hydrogen) atoms. The topological polar surface area (TPSA) is 76.2 Å². The molecule has 0 saturated carbocycles. The quantitative estimate of drug-likeness (QED) is 0.740. The third kappa shape index (κ3) is 4.77. The summed E-state index contributed by atoms with van der Waals surface area (Å²) in [6.07, 6.45) is -0.572. The number of hydrazine groups is 1. The van der Waals surface area contributed by atoms with Gasteiger partial charge in [-0.2, -0.15) is 0 Å². The van der Waals surface area contributed by atoms with Gasteiger partial charge in [-0.15, -0.1) is 0 Å². The molecule has 4 amide bonds. The van der Waals surface area contributed by atoms with Gasteiger partial charge in [-0.05, 0) is 24.0 Å². The summed E-state index contributed by atoms with van der Waals surface area (Å²) in [5.41, 5.74) is 3.14. The maximum atomic E-state index is 13.5. The molecule has 4 rings (SSSR count). The van der Waals surface area contributed by atoms with Crippen LogP contribution in [0.5, 0.6) is 0 Å². The number of piperazine rings is 1. The number of nitrogens with zero attached hydrogens (tertiary/aromatic N) is 4. The van der Waals surface area contributed by atoms with E-state index >= 15 is 0 Å². The van der Waals surface area contributed by atoms with E-state index in [0.717, 1.165) is 16.7 Å². The molecule has 2 saturated heterocycles. The fourth-order valence-corrected chi connectivity index (χ4v) is 4.89. The minimum atomic E-state index is -0.616. The standard InChI is InChI=1S/C26H33N5O3/c1-18(2)24-25(33)29(15-21-12-8-9-19(3)13-21)16-22-30(24)23(32)17-28(4)31(22)26(34)27-14-20-10-6-5-7-11-20/h5-13,18,22,24H,14-17H2,1-4H3,(H,27,34)/t22?,24-/m0/s1. The Bertz CT molecular complexity index is 1060. The molecule has 2 aromatic rings. The molecule has 2 heterocycles.